The molecule has 6 heteroatoms. The van der Waals surface area contributed by atoms with Crippen molar-refractivity contribution in [2.75, 3.05) is 28.2 Å². The Morgan fingerprint density at radius 2 is 1.58 bits per heavy atom. The summed E-state index contributed by atoms with van der Waals surface area (Å²) in [7, 11) is 7.29. The van der Waals surface area contributed by atoms with E-state index in [4.69, 9.17) is 0 Å². The highest BCUT2D eigenvalue weighted by molar-refractivity contribution is 9.10. The number of carbonyl (C=O) groups is 1. The Balaban J connectivity index is 1.93. The first-order valence-corrected chi connectivity index (χ1v) is 9.17. The average Bonchev–Trinajstić information content (AvgIpc) is 2.64. The van der Waals surface area contributed by atoms with Crippen molar-refractivity contribution in [3.8, 4) is 0 Å². The maximum Gasteiger partial charge on any atom is 0.253 e. The lowest BCUT2D eigenvalue weighted by Crippen LogP contribution is -2.38. The van der Waals surface area contributed by atoms with Crippen LogP contribution in [0.25, 0.3) is 0 Å². The first-order chi connectivity index (χ1) is 12.4. The Bertz CT molecular complexity index is 754. The van der Waals surface area contributed by atoms with Gasteiger partial charge in [0, 0.05) is 51.3 Å². The van der Waals surface area contributed by atoms with E-state index in [0.717, 1.165) is 22.5 Å². The predicted molar refractivity (Wildman–Crippen MR) is 110 cm³/mol. The summed E-state index contributed by atoms with van der Waals surface area (Å²) in [6.45, 7) is 1.41. The Morgan fingerprint density at radius 1 is 1.00 bits per heavy atom. The van der Waals surface area contributed by atoms with Crippen LogP contribution in [-0.2, 0) is 13.1 Å². The first-order valence-electron chi connectivity index (χ1n) is 8.37. The molecule has 1 amide bonds. The number of amides is 1. The highest BCUT2D eigenvalue weighted by Crippen LogP contribution is 2.12. The molecule has 0 aliphatic heterocycles. The number of halogens is 1. The summed E-state index contributed by atoms with van der Waals surface area (Å²) in [6, 6.07) is 15.9. The van der Waals surface area contributed by atoms with E-state index in [9.17, 15) is 4.79 Å². The van der Waals surface area contributed by atoms with E-state index >= 15 is 0 Å². The summed E-state index contributed by atoms with van der Waals surface area (Å²) in [5, 5.41) is 3.36. The van der Waals surface area contributed by atoms with Gasteiger partial charge in [-0.05, 0) is 35.4 Å². The van der Waals surface area contributed by atoms with Gasteiger partial charge in [0.25, 0.3) is 5.91 Å². The van der Waals surface area contributed by atoms with E-state index in [2.05, 4.69) is 43.3 Å². The van der Waals surface area contributed by atoms with E-state index in [1.54, 1.807) is 26.0 Å². The lowest BCUT2D eigenvalue weighted by atomic mass is 10.1. The van der Waals surface area contributed by atoms with Crippen molar-refractivity contribution in [2.24, 2.45) is 4.99 Å². The minimum atomic E-state index is 0.00884. The third-order valence-electron chi connectivity index (χ3n) is 3.96. The first kappa shape index (κ1) is 20.0. The van der Waals surface area contributed by atoms with E-state index in [1.165, 1.54) is 5.56 Å². The monoisotopic (exact) mass is 416 g/mol. The molecular weight excluding hydrogens is 392 g/mol. The second-order valence-electron chi connectivity index (χ2n) is 6.28. The standard InChI is InChI=1S/C20H25BrN4O/c1-22-20(25(4)14-16-7-11-18(21)12-8-16)23-13-15-5-9-17(10-6-15)19(26)24(2)3/h5-12H,13-14H2,1-4H3,(H,22,23). The van der Waals surface area contributed by atoms with E-state index in [-0.39, 0.29) is 5.91 Å². The largest absolute Gasteiger partial charge is 0.352 e. The number of rotatable bonds is 5. The number of aliphatic imine (C=N–C) groups is 1. The molecule has 0 saturated carbocycles. The summed E-state index contributed by atoms with van der Waals surface area (Å²) in [4.78, 5) is 19.9. The fourth-order valence-electron chi connectivity index (χ4n) is 2.53. The van der Waals surface area contributed by atoms with Crippen molar-refractivity contribution in [3.05, 3.63) is 69.7 Å². The molecule has 138 valence electrons. The molecule has 2 aromatic rings. The van der Waals surface area contributed by atoms with Crippen LogP contribution in [0.1, 0.15) is 21.5 Å². The fraction of sp³-hybridized carbons (Fsp3) is 0.300. The molecule has 0 heterocycles. The van der Waals surface area contributed by atoms with Crippen LogP contribution < -0.4 is 5.32 Å². The number of benzene rings is 2. The molecule has 2 aromatic carbocycles. The van der Waals surface area contributed by atoms with Crippen molar-refractivity contribution in [3.63, 3.8) is 0 Å². The van der Waals surface area contributed by atoms with Crippen molar-refractivity contribution < 1.29 is 4.79 Å². The van der Waals surface area contributed by atoms with Crippen molar-refractivity contribution in [1.82, 2.24) is 15.1 Å². The molecule has 5 nitrogen and oxygen atoms in total. The van der Waals surface area contributed by atoms with Gasteiger partial charge in [0.1, 0.15) is 0 Å². The number of nitrogens with zero attached hydrogens (tertiary/aromatic N) is 3. The SMILES string of the molecule is CN=C(NCc1ccc(C(=O)N(C)C)cc1)N(C)Cc1ccc(Br)cc1. The maximum atomic E-state index is 11.9. The second-order valence-corrected chi connectivity index (χ2v) is 7.20. The zero-order valence-corrected chi connectivity index (χ0v) is 17.2. The quantitative estimate of drug-likeness (QED) is 0.600. The number of hydrogen-bond acceptors (Lipinski definition) is 2. The topological polar surface area (TPSA) is 47.9 Å². The zero-order valence-electron chi connectivity index (χ0n) is 15.7. The lowest BCUT2D eigenvalue weighted by Gasteiger charge is -2.22. The molecule has 0 unspecified atom stereocenters. The molecular formula is C20H25BrN4O. The van der Waals surface area contributed by atoms with Gasteiger partial charge in [0.15, 0.2) is 5.96 Å². The molecule has 26 heavy (non-hydrogen) atoms. The van der Waals surface area contributed by atoms with Crippen LogP contribution in [0.3, 0.4) is 0 Å². The predicted octanol–water partition coefficient (Wildman–Crippen LogP) is 3.36. The van der Waals surface area contributed by atoms with Crippen LogP contribution in [0, 0.1) is 0 Å². The Labute approximate surface area is 163 Å². The molecule has 0 radical (unpaired) electrons. The Kier molecular flexibility index (Phi) is 7.21. The van der Waals surface area contributed by atoms with Gasteiger partial charge in [-0.1, -0.05) is 40.2 Å². The average molecular weight is 417 g/mol. The van der Waals surface area contributed by atoms with Gasteiger partial charge in [-0.2, -0.15) is 0 Å². The van der Waals surface area contributed by atoms with E-state index in [1.807, 2.05) is 43.4 Å². The van der Waals surface area contributed by atoms with Gasteiger partial charge < -0.3 is 15.1 Å². The van der Waals surface area contributed by atoms with E-state index < -0.39 is 0 Å². The summed E-state index contributed by atoms with van der Waals surface area (Å²) < 4.78 is 1.07. The molecule has 0 bridgehead atoms. The molecule has 0 atom stereocenters. The third-order valence-corrected chi connectivity index (χ3v) is 4.49. The normalized spacial score (nSPS) is 11.2. The van der Waals surface area contributed by atoms with Crippen molar-refractivity contribution in [1.29, 1.82) is 0 Å². The van der Waals surface area contributed by atoms with Crippen LogP contribution >= 0.6 is 15.9 Å². The van der Waals surface area contributed by atoms with Gasteiger partial charge in [-0.3, -0.25) is 9.79 Å². The van der Waals surface area contributed by atoms with Gasteiger partial charge in [-0.15, -0.1) is 0 Å². The van der Waals surface area contributed by atoms with Crippen LogP contribution in [0.4, 0.5) is 0 Å². The molecule has 0 aliphatic rings. The van der Waals surface area contributed by atoms with Gasteiger partial charge in [0.2, 0.25) is 0 Å². The number of hydrogen-bond donors (Lipinski definition) is 1. The van der Waals surface area contributed by atoms with Crippen LogP contribution in [0.5, 0.6) is 0 Å². The van der Waals surface area contributed by atoms with Gasteiger partial charge >= 0.3 is 0 Å². The van der Waals surface area contributed by atoms with Crippen LogP contribution in [0.15, 0.2) is 58.0 Å². The van der Waals surface area contributed by atoms with Crippen LogP contribution in [0.2, 0.25) is 0 Å². The summed E-state index contributed by atoms with van der Waals surface area (Å²) in [6.07, 6.45) is 0. The number of guanidine groups is 1. The fourth-order valence-corrected chi connectivity index (χ4v) is 2.79. The molecule has 0 saturated heterocycles. The molecule has 1 N–H and O–H groups in total. The smallest absolute Gasteiger partial charge is 0.253 e. The second kappa shape index (κ2) is 9.38. The highest BCUT2D eigenvalue weighted by atomic mass is 79.9. The Morgan fingerprint density at radius 3 is 2.12 bits per heavy atom. The minimum absolute atomic E-state index is 0.00884. The third kappa shape index (κ3) is 5.59. The maximum absolute atomic E-state index is 11.9. The van der Waals surface area contributed by atoms with Gasteiger partial charge in [0.05, 0.1) is 0 Å². The lowest BCUT2D eigenvalue weighted by molar-refractivity contribution is 0.0827. The molecule has 0 spiro atoms. The molecule has 0 fully saturated rings. The number of carbonyl (C=O) groups excluding carboxylic acids is 1. The molecule has 0 aromatic heterocycles. The molecule has 2 rings (SSSR count). The highest BCUT2D eigenvalue weighted by Gasteiger charge is 2.09. The Hall–Kier alpha value is -2.34. The van der Waals surface area contributed by atoms with Gasteiger partial charge in [-0.25, -0.2) is 0 Å². The summed E-state index contributed by atoms with van der Waals surface area (Å²) in [5.41, 5.74) is 3.00. The van der Waals surface area contributed by atoms with Crippen LogP contribution in [-0.4, -0.2) is 49.9 Å². The zero-order chi connectivity index (χ0) is 19.1. The number of nitrogens with one attached hydrogen (secondary N) is 1. The van der Waals surface area contributed by atoms with E-state index in [0.29, 0.717) is 12.1 Å². The molecule has 0 aliphatic carbocycles. The summed E-state index contributed by atoms with van der Waals surface area (Å²) in [5.74, 6) is 0.830. The minimum Gasteiger partial charge on any atom is -0.352 e. The van der Waals surface area contributed by atoms with Crippen molar-refractivity contribution >= 4 is 27.8 Å². The summed E-state index contributed by atoms with van der Waals surface area (Å²) >= 11 is 3.45. The van der Waals surface area contributed by atoms with Crippen molar-refractivity contribution in [2.45, 2.75) is 13.1 Å².